The molecule has 0 radical (unpaired) electrons. The standard InChI is InChI=1S/C15H12Cl3N5.C2H4O2.H2O/c16-9-3-2-8(5-10(9)17)21-6-7-1-4-11-12(13(7)18)14(19)23-15(20)22-11;1-2(3)4;/h1-5,21H,6H2,(H4,19,20,22,23);1H3,(H,3,4);1H2. The molecule has 0 bridgehead atoms. The molecule has 0 aliphatic carbocycles. The Kier molecular flexibility index (Phi) is 8.52. The second-order valence-corrected chi connectivity index (χ2v) is 6.59. The van der Waals surface area contributed by atoms with E-state index >= 15 is 0 Å². The van der Waals surface area contributed by atoms with Gasteiger partial charge in [0.1, 0.15) is 5.82 Å². The summed E-state index contributed by atoms with van der Waals surface area (Å²) in [5.41, 5.74) is 13.8. The van der Waals surface area contributed by atoms with Gasteiger partial charge in [0.15, 0.2) is 0 Å². The third kappa shape index (κ3) is 6.00. The Labute approximate surface area is 175 Å². The van der Waals surface area contributed by atoms with E-state index in [2.05, 4.69) is 15.3 Å². The highest BCUT2D eigenvalue weighted by atomic mass is 35.5. The molecular formula is C17H18Cl3N5O3. The normalized spacial score (nSPS) is 9.86. The SMILES string of the molecule is CC(=O)O.Nc1nc(N)c2c(Cl)c(CNc3ccc(Cl)c(Cl)c3)ccc2n1.O. The first-order valence-electron chi connectivity index (χ1n) is 7.57. The lowest BCUT2D eigenvalue weighted by molar-refractivity contribution is -0.134. The van der Waals surface area contributed by atoms with Crippen molar-refractivity contribution < 1.29 is 15.4 Å². The molecule has 28 heavy (non-hydrogen) atoms. The van der Waals surface area contributed by atoms with E-state index in [0.717, 1.165) is 18.2 Å². The van der Waals surface area contributed by atoms with E-state index < -0.39 is 5.97 Å². The largest absolute Gasteiger partial charge is 0.481 e. The lowest BCUT2D eigenvalue weighted by atomic mass is 10.1. The van der Waals surface area contributed by atoms with Crippen LogP contribution in [0.1, 0.15) is 12.5 Å². The van der Waals surface area contributed by atoms with Crippen LogP contribution in [0.4, 0.5) is 17.5 Å². The van der Waals surface area contributed by atoms with Gasteiger partial charge in [0.2, 0.25) is 5.95 Å². The summed E-state index contributed by atoms with van der Waals surface area (Å²) < 4.78 is 0. The van der Waals surface area contributed by atoms with E-state index in [9.17, 15) is 0 Å². The summed E-state index contributed by atoms with van der Waals surface area (Å²) in [6.45, 7) is 1.57. The Bertz CT molecular complexity index is 997. The molecule has 0 fully saturated rings. The number of hydrogen-bond acceptors (Lipinski definition) is 6. The molecule has 2 aromatic carbocycles. The minimum atomic E-state index is -0.833. The Morgan fingerprint density at radius 3 is 2.36 bits per heavy atom. The van der Waals surface area contributed by atoms with Crippen LogP contribution >= 0.6 is 34.8 Å². The quantitative estimate of drug-likeness (QED) is 0.478. The summed E-state index contributed by atoms with van der Waals surface area (Å²) in [6.07, 6.45) is 0. The third-order valence-electron chi connectivity index (χ3n) is 3.33. The van der Waals surface area contributed by atoms with Crippen molar-refractivity contribution in [2.75, 3.05) is 16.8 Å². The lowest BCUT2D eigenvalue weighted by Gasteiger charge is -2.11. The monoisotopic (exact) mass is 445 g/mol. The number of carboxylic acid groups (broad SMARTS) is 1. The van der Waals surface area contributed by atoms with E-state index in [4.69, 9.17) is 56.2 Å². The van der Waals surface area contributed by atoms with Gasteiger partial charge in [-0.15, -0.1) is 0 Å². The second kappa shape index (κ2) is 10.1. The average Bonchev–Trinajstić information content (AvgIpc) is 2.56. The van der Waals surface area contributed by atoms with Crippen molar-refractivity contribution in [2.24, 2.45) is 0 Å². The fraction of sp³-hybridized carbons (Fsp3) is 0.118. The Hall–Kier alpha value is -2.52. The molecule has 8 nitrogen and oxygen atoms in total. The van der Waals surface area contributed by atoms with Gasteiger partial charge in [-0.3, -0.25) is 4.79 Å². The number of fused-ring (bicyclic) bond motifs is 1. The number of benzene rings is 2. The van der Waals surface area contributed by atoms with Gasteiger partial charge in [-0.25, -0.2) is 4.98 Å². The molecule has 3 rings (SSSR count). The van der Waals surface area contributed by atoms with Crippen LogP contribution in [0.5, 0.6) is 0 Å². The number of nitrogen functional groups attached to an aromatic ring is 2. The summed E-state index contributed by atoms with van der Waals surface area (Å²) in [5.74, 6) is -0.457. The second-order valence-electron chi connectivity index (χ2n) is 5.40. The van der Waals surface area contributed by atoms with Crippen LogP contribution in [0.3, 0.4) is 0 Å². The van der Waals surface area contributed by atoms with E-state index in [0.29, 0.717) is 32.5 Å². The highest BCUT2D eigenvalue weighted by Crippen LogP contribution is 2.31. The highest BCUT2D eigenvalue weighted by molar-refractivity contribution is 6.42. The zero-order valence-corrected chi connectivity index (χ0v) is 16.9. The fourth-order valence-corrected chi connectivity index (χ4v) is 2.84. The molecule has 0 atom stereocenters. The minimum absolute atomic E-state index is 0. The van der Waals surface area contributed by atoms with Crippen molar-refractivity contribution >= 4 is 69.1 Å². The van der Waals surface area contributed by atoms with Crippen molar-refractivity contribution in [3.63, 3.8) is 0 Å². The number of carboxylic acids is 1. The average molecular weight is 447 g/mol. The first kappa shape index (κ1) is 23.5. The van der Waals surface area contributed by atoms with Crippen LogP contribution in [0.2, 0.25) is 15.1 Å². The van der Waals surface area contributed by atoms with Crippen molar-refractivity contribution in [1.82, 2.24) is 9.97 Å². The van der Waals surface area contributed by atoms with Gasteiger partial charge >= 0.3 is 0 Å². The molecule has 0 amide bonds. The van der Waals surface area contributed by atoms with Gasteiger partial charge in [0.05, 0.1) is 26.0 Å². The number of nitrogens with two attached hydrogens (primary N) is 2. The van der Waals surface area contributed by atoms with Gasteiger partial charge in [-0.05, 0) is 29.8 Å². The molecule has 1 heterocycles. The molecule has 0 unspecified atom stereocenters. The summed E-state index contributed by atoms with van der Waals surface area (Å²) in [6, 6.07) is 8.98. The maximum Gasteiger partial charge on any atom is 0.300 e. The molecule has 1 aromatic heterocycles. The van der Waals surface area contributed by atoms with Gasteiger partial charge in [0.25, 0.3) is 5.97 Å². The maximum absolute atomic E-state index is 9.00. The number of halogens is 3. The summed E-state index contributed by atoms with van der Waals surface area (Å²) >= 11 is 18.3. The molecule has 150 valence electrons. The van der Waals surface area contributed by atoms with E-state index in [1.54, 1.807) is 12.1 Å². The van der Waals surface area contributed by atoms with Crippen LogP contribution in [-0.2, 0) is 11.3 Å². The van der Waals surface area contributed by atoms with Gasteiger partial charge in [-0.1, -0.05) is 40.9 Å². The van der Waals surface area contributed by atoms with Crippen molar-refractivity contribution in [3.8, 4) is 0 Å². The molecular weight excluding hydrogens is 429 g/mol. The Balaban J connectivity index is 0.000000717. The zero-order chi connectivity index (χ0) is 20.1. The van der Waals surface area contributed by atoms with Gasteiger partial charge < -0.3 is 27.4 Å². The predicted molar refractivity (Wildman–Crippen MR) is 114 cm³/mol. The smallest absolute Gasteiger partial charge is 0.300 e. The van der Waals surface area contributed by atoms with Crippen LogP contribution in [0, 0.1) is 0 Å². The fourth-order valence-electron chi connectivity index (χ4n) is 2.21. The number of anilines is 3. The lowest BCUT2D eigenvalue weighted by Crippen LogP contribution is -2.04. The summed E-state index contributed by atoms with van der Waals surface area (Å²) in [4.78, 5) is 17.1. The van der Waals surface area contributed by atoms with Gasteiger partial charge in [-0.2, -0.15) is 4.98 Å². The maximum atomic E-state index is 9.00. The van der Waals surface area contributed by atoms with Crippen molar-refractivity contribution in [1.29, 1.82) is 0 Å². The van der Waals surface area contributed by atoms with Crippen LogP contribution in [-0.4, -0.2) is 26.5 Å². The number of aromatic nitrogens is 2. The third-order valence-corrected chi connectivity index (χ3v) is 4.50. The molecule has 3 aromatic rings. The van der Waals surface area contributed by atoms with Crippen molar-refractivity contribution in [2.45, 2.75) is 13.5 Å². The first-order chi connectivity index (χ1) is 12.7. The van der Waals surface area contributed by atoms with Gasteiger partial charge in [0, 0.05) is 19.2 Å². The number of rotatable bonds is 3. The minimum Gasteiger partial charge on any atom is -0.481 e. The van der Waals surface area contributed by atoms with E-state index in [1.807, 2.05) is 18.2 Å². The molecule has 8 N–H and O–H groups in total. The topological polar surface area (TPSA) is 159 Å². The Morgan fingerprint density at radius 1 is 1.11 bits per heavy atom. The zero-order valence-electron chi connectivity index (χ0n) is 14.6. The summed E-state index contributed by atoms with van der Waals surface area (Å²) in [5, 5.41) is 12.7. The van der Waals surface area contributed by atoms with E-state index in [1.165, 1.54) is 0 Å². The number of aliphatic carboxylic acids is 1. The predicted octanol–water partition coefficient (Wildman–Crippen LogP) is 3.63. The first-order valence-corrected chi connectivity index (χ1v) is 8.71. The Morgan fingerprint density at radius 2 is 1.75 bits per heavy atom. The van der Waals surface area contributed by atoms with Crippen LogP contribution in [0.25, 0.3) is 10.9 Å². The van der Waals surface area contributed by atoms with Crippen LogP contribution in [0.15, 0.2) is 30.3 Å². The van der Waals surface area contributed by atoms with E-state index in [-0.39, 0.29) is 17.2 Å². The van der Waals surface area contributed by atoms with Crippen molar-refractivity contribution in [3.05, 3.63) is 51.0 Å². The number of carbonyl (C=O) groups is 1. The number of hydrogen-bond donors (Lipinski definition) is 4. The summed E-state index contributed by atoms with van der Waals surface area (Å²) in [7, 11) is 0. The molecule has 0 saturated carbocycles. The number of nitrogens with one attached hydrogen (secondary N) is 1. The molecule has 11 heteroatoms. The molecule has 0 aliphatic rings. The molecule has 0 saturated heterocycles. The molecule has 0 aliphatic heterocycles. The highest BCUT2D eigenvalue weighted by Gasteiger charge is 2.11. The molecule has 0 spiro atoms. The number of nitrogens with zero attached hydrogens (tertiary/aromatic N) is 2. The van der Waals surface area contributed by atoms with Crippen LogP contribution < -0.4 is 16.8 Å².